The van der Waals surface area contributed by atoms with Crippen molar-refractivity contribution in [1.29, 1.82) is 0 Å². The normalized spacial score (nSPS) is 28.1. The number of hydrogen-bond donors (Lipinski definition) is 1. The minimum atomic E-state index is 0.355. The van der Waals surface area contributed by atoms with E-state index in [-0.39, 0.29) is 0 Å². The SMILES string of the molecule is CCc1ccc2c(c1)NC1CC(C(C)(C)CC)CCC1O2. The minimum Gasteiger partial charge on any atom is -0.486 e. The number of benzene rings is 1. The average Bonchev–Trinajstić information content (AvgIpc) is 2.51. The van der Waals surface area contributed by atoms with Crippen LogP contribution >= 0.6 is 0 Å². The van der Waals surface area contributed by atoms with Gasteiger partial charge in [-0.15, -0.1) is 0 Å². The molecule has 0 amide bonds. The number of fused-ring (bicyclic) bond motifs is 2. The number of nitrogens with one attached hydrogen (secondary N) is 1. The maximum absolute atomic E-state index is 6.27. The van der Waals surface area contributed by atoms with Crippen LogP contribution in [0, 0.1) is 11.3 Å². The summed E-state index contributed by atoms with van der Waals surface area (Å²) in [7, 11) is 0. The summed E-state index contributed by atoms with van der Waals surface area (Å²) in [5.41, 5.74) is 3.02. The molecule has 1 saturated carbocycles. The zero-order valence-corrected chi connectivity index (χ0v) is 13.9. The summed E-state index contributed by atoms with van der Waals surface area (Å²) in [5, 5.41) is 3.77. The standard InChI is InChI=1S/C19H29NO/c1-5-13-7-9-17-15(11-13)20-16-12-14(19(3,4)6-2)8-10-18(16)21-17/h7,9,11,14,16,18,20H,5-6,8,10,12H2,1-4H3. The van der Waals surface area contributed by atoms with Gasteiger partial charge in [-0.2, -0.15) is 0 Å². The molecule has 2 heteroatoms. The zero-order chi connectivity index (χ0) is 15.0. The first kappa shape index (κ1) is 14.7. The molecule has 1 aliphatic carbocycles. The summed E-state index contributed by atoms with van der Waals surface area (Å²) in [6, 6.07) is 7.07. The molecule has 3 unspecified atom stereocenters. The van der Waals surface area contributed by atoms with Crippen LogP contribution in [0.2, 0.25) is 0 Å². The molecule has 2 aliphatic rings. The van der Waals surface area contributed by atoms with Crippen molar-refractivity contribution in [2.24, 2.45) is 11.3 Å². The van der Waals surface area contributed by atoms with Crippen molar-refractivity contribution in [3.8, 4) is 5.75 Å². The van der Waals surface area contributed by atoms with E-state index < -0.39 is 0 Å². The Balaban J connectivity index is 1.78. The second-order valence-corrected chi connectivity index (χ2v) is 7.44. The van der Waals surface area contributed by atoms with E-state index in [4.69, 9.17) is 4.74 Å². The van der Waals surface area contributed by atoms with E-state index in [1.165, 1.54) is 36.9 Å². The molecule has 3 atom stereocenters. The maximum atomic E-state index is 6.27. The molecule has 1 aromatic rings. The van der Waals surface area contributed by atoms with Crippen LogP contribution in [0.1, 0.15) is 58.9 Å². The first-order valence-corrected chi connectivity index (χ1v) is 8.59. The molecule has 21 heavy (non-hydrogen) atoms. The third kappa shape index (κ3) is 2.77. The Bertz CT molecular complexity index is 508. The quantitative estimate of drug-likeness (QED) is 0.842. The summed E-state index contributed by atoms with van der Waals surface area (Å²) >= 11 is 0. The van der Waals surface area contributed by atoms with Crippen LogP contribution in [0.5, 0.6) is 5.75 Å². The number of anilines is 1. The Morgan fingerprint density at radius 1 is 1.24 bits per heavy atom. The van der Waals surface area contributed by atoms with E-state index >= 15 is 0 Å². The van der Waals surface area contributed by atoms with Crippen LogP contribution in [0.4, 0.5) is 5.69 Å². The molecular formula is C19H29NO. The highest BCUT2D eigenvalue weighted by Crippen LogP contribution is 2.44. The number of rotatable bonds is 3. The van der Waals surface area contributed by atoms with E-state index in [2.05, 4.69) is 51.2 Å². The molecule has 116 valence electrons. The second kappa shape index (κ2) is 5.55. The van der Waals surface area contributed by atoms with E-state index in [1.807, 2.05) is 0 Å². The van der Waals surface area contributed by atoms with Gasteiger partial charge in [0.15, 0.2) is 0 Å². The Labute approximate surface area is 129 Å². The van der Waals surface area contributed by atoms with Crippen LogP contribution in [-0.2, 0) is 6.42 Å². The molecule has 0 spiro atoms. The highest BCUT2D eigenvalue weighted by molar-refractivity contribution is 5.60. The predicted octanol–water partition coefficient (Wildman–Crippen LogP) is 5.03. The molecule has 1 aromatic carbocycles. The smallest absolute Gasteiger partial charge is 0.142 e. The van der Waals surface area contributed by atoms with E-state index in [0.717, 1.165) is 18.1 Å². The van der Waals surface area contributed by atoms with Crippen molar-refractivity contribution >= 4 is 5.69 Å². The van der Waals surface area contributed by atoms with Gasteiger partial charge in [0, 0.05) is 0 Å². The van der Waals surface area contributed by atoms with Gasteiger partial charge in [-0.3, -0.25) is 0 Å². The number of ether oxygens (including phenoxy) is 1. The summed E-state index contributed by atoms with van der Waals surface area (Å²) in [4.78, 5) is 0. The van der Waals surface area contributed by atoms with Crippen molar-refractivity contribution in [1.82, 2.24) is 0 Å². The van der Waals surface area contributed by atoms with Crippen LogP contribution in [0.15, 0.2) is 18.2 Å². The summed E-state index contributed by atoms with van der Waals surface area (Å²) in [6.07, 6.45) is 6.41. The summed E-state index contributed by atoms with van der Waals surface area (Å²) < 4.78 is 6.27. The fourth-order valence-corrected chi connectivity index (χ4v) is 3.81. The molecule has 1 N–H and O–H groups in total. The molecule has 2 nitrogen and oxygen atoms in total. The van der Waals surface area contributed by atoms with Gasteiger partial charge in [-0.1, -0.05) is 40.2 Å². The Kier molecular flexibility index (Phi) is 3.90. The molecule has 0 bridgehead atoms. The lowest BCUT2D eigenvalue weighted by molar-refractivity contribution is 0.0612. The van der Waals surface area contributed by atoms with Crippen LogP contribution < -0.4 is 10.1 Å². The lowest BCUT2D eigenvalue weighted by Crippen LogP contribution is -2.48. The lowest BCUT2D eigenvalue weighted by Gasteiger charge is -2.45. The van der Waals surface area contributed by atoms with Crippen LogP contribution in [0.3, 0.4) is 0 Å². The van der Waals surface area contributed by atoms with Crippen LogP contribution in [0.25, 0.3) is 0 Å². The van der Waals surface area contributed by atoms with Crippen LogP contribution in [-0.4, -0.2) is 12.1 Å². The van der Waals surface area contributed by atoms with Crippen molar-refractivity contribution in [2.75, 3.05) is 5.32 Å². The maximum Gasteiger partial charge on any atom is 0.142 e. The number of hydrogen-bond acceptors (Lipinski definition) is 2. The topological polar surface area (TPSA) is 21.3 Å². The molecule has 0 radical (unpaired) electrons. The van der Waals surface area contributed by atoms with E-state index in [0.29, 0.717) is 17.6 Å². The minimum absolute atomic E-state index is 0.355. The third-order valence-electron chi connectivity index (χ3n) is 5.87. The van der Waals surface area contributed by atoms with E-state index in [1.54, 1.807) is 0 Å². The molecule has 3 rings (SSSR count). The summed E-state index contributed by atoms with van der Waals surface area (Å²) in [5.74, 6) is 1.84. The average molecular weight is 287 g/mol. The Morgan fingerprint density at radius 2 is 2.05 bits per heavy atom. The van der Waals surface area contributed by atoms with Gasteiger partial charge in [0.2, 0.25) is 0 Å². The Hall–Kier alpha value is -1.18. The number of aryl methyl sites for hydroxylation is 1. The fraction of sp³-hybridized carbons (Fsp3) is 0.684. The van der Waals surface area contributed by atoms with Crippen molar-refractivity contribution < 1.29 is 4.74 Å². The monoisotopic (exact) mass is 287 g/mol. The van der Waals surface area contributed by atoms with Gasteiger partial charge in [0.05, 0.1) is 11.7 Å². The van der Waals surface area contributed by atoms with Crippen molar-refractivity contribution in [3.05, 3.63) is 23.8 Å². The second-order valence-electron chi connectivity index (χ2n) is 7.44. The van der Waals surface area contributed by atoms with Crippen molar-refractivity contribution in [2.45, 2.75) is 71.9 Å². The van der Waals surface area contributed by atoms with Gasteiger partial charge in [-0.05, 0) is 54.7 Å². The van der Waals surface area contributed by atoms with Gasteiger partial charge in [0.25, 0.3) is 0 Å². The van der Waals surface area contributed by atoms with Gasteiger partial charge < -0.3 is 10.1 Å². The highest BCUT2D eigenvalue weighted by Gasteiger charge is 2.40. The molecule has 1 fully saturated rings. The van der Waals surface area contributed by atoms with Crippen molar-refractivity contribution in [3.63, 3.8) is 0 Å². The van der Waals surface area contributed by atoms with E-state index in [9.17, 15) is 0 Å². The predicted molar refractivity (Wildman–Crippen MR) is 89.1 cm³/mol. The largest absolute Gasteiger partial charge is 0.486 e. The van der Waals surface area contributed by atoms with Gasteiger partial charge >= 0.3 is 0 Å². The van der Waals surface area contributed by atoms with Gasteiger partial charge in [-0.25, -0.2) is 0 Å². The molecule has 1 aliphatic heterocycles. The van der Waals surface area contributed by atoms with Gasteiger partial charge in [0.1, 0.15) is 11.9 Å². The highest BCUT2D eigenvalue weighted by atomic mass is 16.5. The lowest BCUT2D eigenvalue weighted by atomic mass is 9.67. The fourth-order valence-electron chi connectivity index (χ4n) is 3.81. The first-order chi connectivity index (χ1) is 10.0. The zero-order valence-electron chi connectivity index (χ0n) is 13.9. The molecule has 1 heterocycles. The first-order valence-electron chi connectivity index (χ1n) is 8.59. The Morgan fingerprint density at radius 3 is 2.76 bits per heavy atom. The summed E-state index contributed by atoms with van der Waals surface area (Å²) in [6.45, 7) is 9.37. The molecule has 0 aromatic heterocycles. The molecular weight excluding hydrogens is 258 g/mol. The molecule has 0 saturated heterocycles. The third-order valence-corrected chi connectivity index (χ3v) is 5.87.